The molecule has 0 saturated heterocycles. The molecular formula is C14H21NO3. The minimum atomic E-state index is -0.191. The largest absolute Gasteiger partial charge is 0.497 e. The maximum atomic E-state index is 9.50. The standard InChI is InChI=1S/C14H21NO3/c1-9-6-10(17-2)7-11(18-3)12(9)13(15)14(8-16)4-5-14/h6-7,13,16H,4-5,8,15H2,1-3H3. The number of methoxy groups -OCH3 is 2. The van der Waals surface area contributed by atoms with Gasteiger partial charge in [-0.15, -0.1) is 0 Å². The monoisotopic (exact) mass is 251 g/mol. The fraction of sp³-hybridized carbons (Fsp3) is 0.571. The predicted molar refractivity (Wildman–Crippen MR) is 70.0 cm³/mol. The molecule has 4 heteroatoms. The van der Waals surface area contributed by atoms with E-state index < -0.39 is 0 Å². The normalized spacial score (nSPS) is 18.3. The van der Waals surface area contributed by atoms with Gasteiger partial charge in [0.05, 0.1) is 20.8 Å². The Bertz CT molecular complexity index is 441. The summed E-state index contributed by atoms with van der Waals surface area (Å²) in [6.45, 7) is 2.12. The number of rotatable bonds is 5. The number of ether oxygens (including phenoxy) is 2. The van der Waals surface area contributed by atoms with Crippen LogP contribution < -0.4 is 15.2 Å². The van der Waals surface area contributed by atoms with Gasteiger partial charge in [-0.3, -0.25) is 0 Å². The van der Waals surface area contributed by atoms with Crippen LogP contribution in [0.2, 0.25) is 0 Å². The van der Waals surface area contributed by atoms with Crippen LogP contribution in [0.3, 0.4) is 0 Å². The second-order valence-electron chi connectivity index (χ2n) is 5.06. The Morgan fingerprint density at radius 3 is 2.44 bits per heavy atom. The molecule has 1 aliphatic carbocycles. The van der Waals surface area contributed by atoms with Crippen molar-refractivity contribution in [3.63, 3.8) is 0 Å². The van der Waals surface area contributed by atoms with Crippen LogP contribution in [-0.4, -0.2) is 25.9 Å². The summed E-state index contributed by atoms with van der Waals surface area (Å²) in [7, 11) is 3.26. The highest BCUT2D eigenvalue weighted by molar-refractivity contribution is 5.49. The fourth-order valence-corrected chi connectivity index (χ4v) is 2.45. The molecular weight excluding hydrogens is 230 g/mol. The molecule has 1 unspecified atom stereocenters. The van der Waals surface area contributed by atoms with Gasteiger partial charge in [0.2, 0.25) is 0 Å². The third kappa shape index (κ3) is 2.06. The molecule has 0 spiro atoms. The fourth-order valence-electron chi connectivity index (χ4n) is 2.45. The predicted octanol–water partition coefficient (Wildman–Crippen LogP) is 1.78. The molecule has 4 nitrogen and oxygen atoms in total. The first-order valence-electron chi connectivity index (χ1n) is 6.17. The van der Waals surface area contributed by atoms with Crippen LogP contribution in [0.25, 0.3) is 0 Å². The van der Waals surface area contributed by atoms with E-state index in [1.54, 1.807) is 14.2 Å². The van der Waals surface area contributed by atoms with Crippen molar-refractivity contribution in [2.75, 3.05) is 20.8 Å². The third-order valence-electron chi connectivity index (χ3n) is 3.96. The molecule has 1 saturated carbocycles. The van der Waals surface area contributed by atoms with Crippen molar-refractivity contribution in [3.8, 4) is 11.5 Å². The number of benzene rings is 1. The summed E-state index contributed by atoms with van der Waals surface area (Å²) < 4.78 is 10.6. The lowest BCUT2D eigenvalue weighted by molar-refractivity contribution is 0.186. The number of hydrogen-bond acceptors (Lipinski definition) is 4. The van der Waals surface area contributed by atoms with Crippen LogP contribution in [0.1, 0.15) is 30.0 Å². The summed E-state index contributed by atoms with van der Waals surface area (Å²) in [5, 5.41) is 9.50. The van der Waals surface area contributed by atoms with Crippen molar-refractivity contribution >= 4 is 0 Å². The zero-order valence-corrected chi connectivity index (χ0v) is 11.2. The Balaban J connectivity index is 2.43. The summed E-state index contributed by atoms with van der Waals surface area (Å²) in [5.41, 5.74) is 8.19. The lowest BCUT2D eigenvalue weighted by Gasteiger charge is -2.25. The molecule has 1 aromatic carbocycles. The molecule has 0 aromatic heterocycles. The summed E-state index contributed by atoms with van der Waals surface area (Å²) in [6, 6.07) is 3.60. The van der Waals surface area contributed by atoms with Gasteiger partial charge in [-0.05, 0) is 31.4 Å². The van der Waals surface area contributed by atoms with E-state index in [2.05, 4.69) is 0 Å². The molecule has 1 aromatic rings. The Morgan fingerprint density at radius 2 is 2.00 bits per heavy atom. The summed E-state index contributed by atoms with van der Waals surface area (Å²) in [6.07, 6.45) is 1.94. The average molecular weight is 251 g/mol. The number of hydrogen-bond donors (Lipinski definition) is 2. The number of aliphatic hydroxyl groups is 1. The smallest absolute Gasteiger partial charge is 0.127 e. The molecule has 1 aliphatic rings. The van der Waals surface area contributed by atoms with Gasteiger partial charge < -0.3 is 20.3 Å². The second-order valence-corrected chi connectivity index (χ2v) is 5.06. The van der Waals surface area contributed by atoms with Gasteiger partial charge in [0.25, 0.3) is 0 Å². The zero-order valence-electron chi connectivity index (χ0n) is 11.2. The topological polar surface area (TPSA) is 64.7 Å². The minimum Gasteiger partial charge on any atom is -0.497 e. The Hall–Kier alpha value is -1.26. The van der Waals surface area contributed by atoms with E-state index >= 15 is 0 Å². The van der Waals surface area contributed by atoms with Crippen LogP contribution in [0, 0.1) is 12.3 Å². The van der Waals surface area contributed by atoms with Crippen molar-refractivity contribution in [3.05, 3.63) is 23.3 Å². The minimum absolute atomic E-state index is 0.128. The average Bonchev–Trinajstić information content (AvgIpc) is 3.17. The highest BCUT2D eigenvalue weighted by Crippen LogP contribution is 2.55. The van der Waals surface area contributed by atoms with Gasteiger partial charge in [0, 0.05) is 23.1 Å². The lowest BCUT2D eigenvalue weighted by Crippen LogP contribution is -2.27. The SMILES string of the molecule is COc1cc(C)c(C(N)C2(CO)CC2)c(OC)c1. The maximum Gasteiger partial charge on any atom is 0.127 e. The first-order valence-corrected chi connectivity index (χ1v) is 6.17. The van der Waals surface area contributed by atoms with Gasteiger partial charge >= 0.3 is 0 Å². The zero-order chi connectivity index (χ0) is 13.3. The highest BCUT2D eigenvalue weighted by Gasteiger charge is 2.49. The number of aliphatic hydroxyl groups excluding tert-OH is 1. The number of aryl methyl sites for hydroxylation is 1. The van der Waals surface area contributed by atoms with Crippen molar-refractivity contribution < 1.29 is 14.6 Å². The quantitative estimate of drug-likeness (QED) is 0.837. The molecule has 18 heavy (non-hydrogen) atoms. The van der Waals surface area contributed by atoms with Crippen LogP contribution in [0.15, 0.2) is 12.1 Å². The van der Waals surface area contributed by atoms with Crippen molar-refractivity contribution in [2.24, 2.45) is 11.1 Å². The van der Waals surface area contributed by atoms with E-state index in [9.17, 15) is 5.11 Å². The number of nitrogens with two attached hydrogens (primary N) is 1. The van der Waals surface area contributed by atoms with Crippen LogP contribution >= 0.6 is 0 Å². The van der Waals surface area contributed by atoms with E-state index in [4.69, 9.17) is 15.2 Å². The molecule has 0 bridgehead atoms. The van der Waals surface area contributed by atoms with Gasteiger partial charge in [-0.25, -0.2) is 0 Å². The maximum absolute atomic E-state index is 9.50. The second kappa shape index (κ2) is 4.78. The van der Waals surface area contributed by atoms with E-state index in [0.717, 1.165) is 35.5 Å². The molecule has 2 rings (SSSR count). The first-order chi connectivity index (χ1) is 8.57. The highest BCUT2D eigenvalue weighted by atomic mass is 16.5. The van der Waals surface area contributed by atoms with Gasteiger partial charge in [0.1, 0.15) is 11.5 Å². The van der Waals surface area contributed by atoms with Crippen molar-refractivity contribution in [1.29, 1.82) is 0 Å². The van der Waals surface area contributed by atoms with E-state index in [0.29, 0.717) is 0 Å². The molecule has 0 amide bonds. The van der Waals surface area contributed by atoms with Crippen molar-refractivity contribution in [2.45, 2.75) is 25.8 Å². The van der Waals surface area contributed by atoms with Crippen LogP contribution in [0.4, 0.5) is 0 Å². The van der Waals surface area contributed by atoms with E-state index in [-0.39, 0.29) is 18.1 Å². The molecule has 0 radical (unpaired) electrons. The van der Waals surface area contributed by atoms with Crippen molar-refractivity contribution in [1.82, 2.24) is 0 Å². The summed E-state index contributed by atoms with van der Waals surface area (Å²) >= 11 is 0. The Morgan fingerprint density at radius 1 is 1.33 bits per heavy atom. The lowest BCUT2D eigenvalue weighted by atomic mass is 9.88. The Kier molecular flexibility index (Phi) is 3.50. The molecule has 1 fully saturated rings. The van der Waals surface area contributed by atoms with Gasteiger partial charge in [0.15, 0.2) is 0 Å². The van der Waals surface area contributed by atoms with Gasteiger partial charge in [-0.1, -0.05) is 0 Å². The molecule has 3 N–H and O–H groups in total. The van der Waals surface area contributed by atoms with Crippen LogP contribution in [-0.2, 0) is 0 Å². The summed E-state index contributed by atoms with van der Waals surface area (Å²) in [5.74, 6) is 1.49. The van der Waals surface area contributed by atoms with Crippen LogP contribution in [0.5, 0.6) is 11.5 Å². The van der Waals surface area contributed by atoms with E-state index in [1.165, 1.54) is 0 Å². The molecule has 100 valence electrons. The van der Waals surface area contributed by atoms with Gasteiger partial charge in [-0.2, -0.15) is 0 Å². The first kappa shape index (κ1) is 13.2. The van der Waals surface area contributed by atoms with E-state index in [1.807, 2.05) is 19.1 Å². The Labute approximate surface area is 108 Å². The molecule has 1 atom stereocenters. The molecule has 0 aliphatic heterocycles. The third-order valence-corrected chi connectivity index (χ3v) is 3.96. The summed E-state index contributed by atoms with van der Waals surface area (Å²) in [4.78, 5) is 0. The molecule has 0 heterocycles.